The zero-order valence-corrected chi connectivity index (χ0v) is 18.3. The Morgan fingerprint density at radius 3 is 2.79 bits per heavy atom. The Labute approximate surface area is 187 Å². The highest BCUT2D eigenvalue weighted by Gasteiger charge is 2.44. The number of nitrogens with one attached hydrogen (secondary N) is 1. The number of piperidine rings is 1. The summed E-state index contributed by atoms with van der Waals surface area (Å²) in [5, 5.41) is 7.11. The van der Waals surface area contributed by atoms with Crippen LogP contribution in [0.15, 0.2) is 24.4 Å². The van der Waals surface area contributed by atoms with Gasteiger partial charge in [0.2, 0.25) is 5.95 Å². The first-order valence-electron chi connectivity index (χ1n) is 10.6. The number of nitrogens with zero attached hydrogens (tertiary/aromatic N) is 7. The van der Waals surface area contributed by atoms with Crippen LogP contribution in [0.2, 0.25) is 0 Å². The van der Waals surface area contributed by atoms with Gasteiger partial charge in [-0.3, -0.25) is 0 Å². The summed E-state index contributed by atoms with van der Waals surface area (Å²) in [6.45, 7) is 1.66. The lowest BCUT2D eigenvalue weighted by Crippen LogP contribution is -2.53. The monoisotopic (exact) mass is 459 g/mol. The van der Waals surface area contributed by atoms with Gasteiger partial charge in [0.1, 0.15) is 23.5 Å². The Balaban J connectivity index is 1.51. The molecule has 0 unspecified atom stereocenters. The van der Waals surface area contributed by atoms with Gasteiger partial charge in [-0.2, -0.15) is 4.98 Å². The third kappa shape index (κ3) is 3.73. The molecular weight excluding hydrogens is 435 g/mol. The lowest BCUT2D eigenvalue weighted by atomic mass is 10.0. The van der Waals surface area contributed by atoms with E-state index in [2.05, 4.69) is 25.4 Å². The minimum atomic E-state index is -2.91. The molecule has 0 amide bonds. The number of imidazole rings is 1. The van der Waals surface area contributed by atoms with Crippen LogP contribution in [-0.4, -0.2) is 72.8 Å². The highest BCUT2D eigenvalue weighted by Crippen LogP contribution is 2.31. The van der Waals surface area contributed by atoms with Crippen LogP contribution in [0.5, 0.6) is 0 Å². The van der Waals surface area contributed by atoms with Gasteiger partial charge in [0.25, 0.3) is 5.92 Å². The Morgan fingerprint density at radius 2 is 2.03 bits per heavy atom. The molecule has 33 heavy (non-hydrogen) atoms. The smallest absolute Gasteiger partial charge is 0.280 e. The van der Waals surface area contributed by atoms with E-state index in [1.165, 1.54) is 4.52 Å². The third-order valence-corrected chi connectivity index (χ3v) is 6.00. The van der Waals surface area contributed by atoms with E-state index in [0.29, 0.717) is 40.3 Å². The summed E-state index contributed by atoms with van der Waals surface area (Å²) >= 11 is 0. The molecule has 4 aromatic rings. The third-order valence-electron chi connectivity index (χ3n) is 6.00. The maximum absolute atomic E-state index is 14.4. The van der Waals surface area contributed by atoms with Gasteiger partial charge in [-0.15, -0.1) is 5.10 Å². The van der Waals surface area contributed by atoms with Crippen LogP contribution in [0.4, 0.5) is 24.9 Å². The topological polar surface area (TPSA) is 102 Å². The van der Waals surface area contributed by atoms with Crippen molar-refractivity contribution in [3.8, 4) is 11.3 Å². The van der Waals surface area contributed by atoms with Gasteiger partial charge < -0.3 is 20.5 Å². The zero-order valence-electron chi connectivity index (χ0n) is 18.3. The number of hydrogen-bond acceptors (Lipinski definition) is 7. The summed E-state index contributed by atoms with van der Waals surface area (Å²) < 4.78 is 45.1. The van der Waals surface area contributed by atoms with E-state index in [0.717, 1.165) is 0 Å². The van der Waals surface area contributed by atoms with Gasteiger partial charge in [0.15, 0.2) is 11.5 Å². The van der Waals surface area contributed by atoms with E-state index in [9.17, 15) is 13.2 Å². The van der Waals surface area contributed by atoms with Crippen LogP contribution in [-0.2, 0) is 6.54 Å². The molecule has 9 nitrogen and oxygen atoms in total. The van der Waals surface area contributed by atoms with Crippen molar-refractivity contribution in [3.05, 3.63) is 30.2 Å². The first-order chi connectivity index (χ1) is 15.8. The number of aryl methyl sites for hydroxylation is 2. The summed E-state index contributed by atoms with van der Waals surface area (Å²) in [5.41, 5.74) is 9.26. The Bertz CT molecular complexity index is 1330. The number of fused-ring (bicyclic) bond motifs is 2. The molecule has 1 saturated heterocycles. The van der Waals surface area contributed by atoms with Crippen LogP contribution < -0.4 is 11.1 Å². The second-order valence-electron chi connectivity index (χ2n) is 8.37. The van der Waals surface area contributed by atoms with Crippen molar-refractivity contribution >= 4 is 28.4 Å². The Morgan fingerprint density at radius 1 is 1.21 bits per heavy atom. The predicted octanol–water partition coefficient (Wildman–Crippen LogP) is 2.75. The average Bonchev–Trinajstić information content (AvgIpc) is 3.31. The highest BCUT2D eigenvalue weighted by atomic mass is 19.3. The maximum Gasteiger partial charge on any atom is 0.280 e. The van der Waals surface area contributed by atoms with E-state index in [1.54, 1.807) is 41.8 Å². The van der Waals surface area contributed by atoms with E-state index in [1.807, 2.05) is 6.07 Å². The Hall–Kier alpha value is -3.41. The van der Waals surface area contributed by atoms with Gasteiger partial charge in [0.05, 0.1) is 24.8 Å². The van der Waals surface area contributed by atoms with Crippen molar-refractivity contribution in [2.75, 3.05) is 37.9 Å². The minimum Gasteiger partial charge on any atom is -0.382 e. The normalized spacial score (nSPS) is 18.9. The number of likely N-dealkylation sites (tertiary alicyclic amines) is 1. The second-order valence-corrected chi connectivity index (χ2v) is 8.37. The van der Waals surface area contributed by atoms with E-state index in [-0.39, 0.29) is 31.3 Å². The highest BCUT2D eigenvalue weighted by molar-refractivity contribution is 5.88. The number of rotatable bonds is 5. The second kappa shape index (κ2) is 7.87. The molecule has 5 rings (SSSR count). The molecule has 4 aromatic heterocycles. The molecule has 0 bridgehead atoms. The fraction of sp³-hybridized carbons (Fsp3) is 0.429. The van der Waals surface area contributed by atoms with Crippen molar-refractivity contribution in [3.63, 3.8) is 0 Å². The van der Waals surface area contributed by atoms with Gasteiger partial charge in [0, 0.05) is 18.3 Å². The molecule has 1 atom stereocenters. The first-order valence-corrected chi connectivity index (χ1v) is 10.6. The Kier molecular flexibility index (Phi) is 5.11. The number of pyridine rings is 1. The molecule has 1 aliphatic rings. The van der Waals surface area contributed by atoms with Crippen molar-refractivity contribution in [2.45, 2.75) is 31.9 Å². The SMILES string of the molecule is Cc1nc2ccc(-c3ccn4nc(N[C@@H]5CCN(C)CC5(F)F)nc(N)c34)nc2n1CCF. The largest absolute Gasteiger partial charge is 0.382 e. The van der Waals surface area contributed by atoms with Crippen LogP contribution in [0.3, 0.4) is 0 Å². The van der Waals surface area contributed by atoms with E-state index in [4.69, 9.17) is 5.73 Å². The molecule has 1 aliphatic heterocycles. The van der Waals surface area contributed by atoms with Gasteiger partial charge >= 0.3 is 0 Å². The minimum absolute atomic E-state index is 0.0384. The standard InChI is InChI=1S/C21H24F3N9/c1-12-26-15-4-3-14(27-19(15)32(12)10-7-22)13-5-9-33-17(13)18(25)29-20(30-33)28-16-6-8-31(2)11-21(16,23)24/h3-5,9,16H,6-8,10-11H2,1-2H3,(H3,25,28,29,30)/t16-/m1/s1. The molecule has 1 fully saturated rings. The molecule has 0 saturated carbocycles. The van der Waals surface area contributed by atoms with Crippen LogP contribution in [0.1, 0.15) is 12.2 Å². The molecule has 12 heteroatoms. The number of anilines is 2. The summed E-state index contributed by atoms with van der Waals surface area (Å²) in [4.78, 5) is 14.9. The molecule has 0 aromatic carbocycles. The molecule has 0 spiro atoms. The van der Waals surface area contributed by atoms with Crippen molar-refractivity contribution in [1.82, 2.24) is 34.0 Å². The number of nitrogen functional groups attached to an aromatic ring is 1. The number of hydrogen-bond donors (Lipinski definition) is 2. The predicted molar refractivity (Wildman–Crippen MR) is 119 cm³/mol. The van der Waals surface area contributed by atoms with Crippen LogP contribution >= 0.6 is 0 Å². The fourth-order valence-electron chi connectivity index (χ4n) is 4.38. The van der Waals surface area contributed by atoms with Crippen molar-refractivity contribution in [1.29, 1.82) is 0 Å². The number of alkyl halides is 3. The van der Waals surface area contributed by atoms with Gasteiger partial charge in [-0.25, -0.2) is 27.7 Å². The first kappa shape index (κ1) is 21.4. The molecule has 0 aliphatic carbocycles. The lowest BCUT2D eigenvalue weighted by molar-refractivity contribution is -0.0675. The summed E-state index contributed by atoms with van der Waals surface area (Å²) in [6, 6.07) is 4.32. The van der Waals surface area contributed by atoms with Gasteiger partial charge in [-0.1, -0.05) is 0 Å². The number of aromatic nitrogens is 6. The van der Waals surface area contributed by atoms with Gasteiger partial charge in [-0.05, 0) is 38.6 Å². The number of halogens is 3. The molecule has 5 heterocycles. The molecular formula is C21H24F3N9. The average molecular weight is 459 g/mol. The maximum atomic E-state index is 14.4. The number of nitrogens with two attached hydrogens (primary N) is 1. The van der Waals surface area contributed by atoms with Crippen molar-refractivity contribution in [2.24, 2.45) is 0 Å². The summed E-state index contributed by atoms with van der Waals surface area (Å²) in [5.74, 6) is -2.06. The molecule has 3 N–H and O–H groups in total. The van der Waals surface area contributed by atoms with Crippen LogP contribution in [0, 0.1) is 6.92 Å². The van der Waals surface area contributed by atoms with E-state index >= 15 is 0 Å². The summed E-state index contributed by atoms with van der Waals surface area (Å²) in [7, 11) is 1.67. The zero-order chi connectivity index (χ0) is 23.3. The molecule has 0 radical (unpaired) electrons. The fourth-order valence-corrected chi connectivity index (χ4v) is 4.38. The molecule has 174 valence electrons. The lowest BCUT2D eigenvalue weighted by Gasteiger charge is -2.36. The quantitative estimate of drug-likeness (QED) is 0.473. The summed E-state index contributed by atoms with van der Waals surface area (Å²) in [6.07, 6.45) is 1.94. The van der Waals surface area contributed by atoms with Crippen molar-refractivity contribution < 1.29 is 13.2 Å². The van der Waals surface area contributed by atoms with Crippen LogP contribution in [0.25, 0.3) is 27.9 Å². The van der Waals surface area contributed by atoms with E-state index < -0.39 is 18.6 Å².